The zero-order valence-electron chi connectivity index (χ0n) is 8.36. The molecule has 0 amide bonds. The second-order valence-electron chi connectivity index (χ2n) is 3.56. The molecule has 0 N–H and O–H groups in total. The number of aryl methyl sites for hydroxylation is 1. The van der Waals surface area contributed by atoms with Crippen molar-refractivity contribution in [2.24, 2.45) is 5.18 Å². The van der Waals surface area contributed by atoms with Crippen molar-refractivity contribution in [2.75, 3.05) is 18.0 Å². The summed E-state index contributed by atoms with van der Waals surface area (Å²) in [5.74, 6) is 0. The third kappa shape index (κ3) is 1.39. The van der Waals surface area contributed by atoms with E-state index >= 15 is 0 Å². The van der Waals surface area contributed by atoms with E-state index in [1.54, 1.807) is 6.07 Å². The molecule has 0 radical (unpaired) electrons. The minimum atomic E-state index is 0.587. The zero-order chi connectivity index (χ0) is 9.97. The molecule has 0 aromatic heterocycles. The Morgan fingerprint density at radius 1 is 1.50 bits per heavy atom. The SMILES string of the molecule is CCN1CCCc2cccc(N=O)c21. The molecule has 3 heteroatoms. The molecular formula is C11H14N2O. The van der Waals surface area contributed by atoms with E-state index < -0.39 is 0 Å². The van der Waals surface area contributed by atoms with E-state index in [0.29, 0.717) is 5.69 Å². The summed E-state index contributed by atoms with van der Waals surface area (Å²) in [7, 11) is 0. The van der Waals surface area contributed by atoms with Gasteiger partial charge in [0.1, 0.15) is 5.69 Å². The first-order chi connectivity index (χ1) is 6.86. The van der Waals surface area contributed by atoms with Gasteiger partial charge in [0.25, 0.3) is 0 Å². The van der Waals surface area contributed by atoms with E-state index in [2.05, 4.69) is 23.1 Å². The highest BCUT2D eigenvalue weighted by Gasteiger charge is 2.18. The van der Waals surface area contributed by atoms with Crippen LogP contribution in [0.15, 0.2) is 23.4 Å². The van der Waals surface area contributed by atoms with E-state index in [4.69, 9.17) is 0 Å². The van der Waals surface area contributed by atoms with Crippen LogP contribution in [0.2, 0.25) is 0 Å². The van der Waals surface area contributed by atoms with Crippen LogP contribution in [0.25, 0.3) is 0 Å². The maximum absolute atomic E-state index is 10.7. The number of para-hydroxylation sites is 1. The van der Waals surface area contributed by atoms with Crippen molar-refractivity contribution in [3.63, 3.8) is 0 Å². The lowest BCUT2D eigenvalue weighted by molar-refractivity contribution is 0.708. The van der Waals surface area contributed by atoms with Crippen molar-refractivity contribution in [1.82, 2.24) is 0 Å². The Bertz CT molecular complexity index is 349. The van der Waals surface area contributed by atoms with E-state index in [9.17, 15) is 4.91 Å². The van der Waals surface area contributed by atoms with Crippen molar-refractivity contribution in [3.05, 3.63) is 28.7 Å². The largest absolute Gasteiger partial charge is 0.370 e. The average molecular weight is 190 g/mol. The Labute approximate surface area is 83.7 Å². The lowest BCUT2D eigenvalue weighted by atomic mass is 10.0. The molecule has 0 unspecified atom stereocenters. The van der Waals surface area contributed by atoms with Crippen molar-refractivity contribution in [2.45, 2.75) is 19.8 Å². The van der Waals surface area contributed by atoms with Crippen LogP contribution in [0.1, 0.15) is 18.9 Å². The highest BCUT2D eigenvalue weighted by molar-refractivity contribution is 5.72. The smallest absolute Gasteiger partial charge is 0.131 e. The minimum Gasteiger partial charge on any atom is -0.370 e. The number of hydrogen-bond acceptors (Lipinski definition) is 3. The molecule has 0 bridgehead atoms. The highest BCUT2D eigenvalue weighted by atomic mass is 16.3. The fraction of sp³-hybridized carbons (Fsp3) is 0.455. The van der Waals surface area contributed by atoms with Crippen molar-refractivity contribution < 1.29 is 0 Å². The summed E-state index contributed by atoms with van der Waals surface area (Å²) in [6, 6.07) is 5.79. The van der Waals surface area contributed by atoms with Gasteiger partial charge in [-0.15, -0.1) is 4.91 Å². The molecule has 0 aliphatic carbocycles. The summed E-state index contributed by atoms with van der Waals surface area (Å²) in [5, 5.41) is 3.09. The van der Waals surface area contributed by atoms with E-state index in [1.165, 1.54) is 12.0 Å². The minimum absolute atomic E-state index is 0.587. The molecule has 1 aromatic rings. The first-order valence-electron chi connectivity index (χ1n) is 5.07. The van der Waals surface area contributed by atoms with Crippen LogP contribution < -0.4 is 4.90 Å². The topological polar surface area (TPSA) is 32.7 Å². The molecule has 1 aliphatic rings. The quantitative estimate of drug-likeness (QED) is 0.672. The van der Waals surface area contributed by atoms with Crippen LogP contribution in [0.4, 0.5) is 11.4 Å². The molecule has 0 spiro atoms. The Morgan fingerprint density at radius 2 is 2.36 bits per heavy atom. The van der Waals surface area contributed by atoms with Gasteiger partial charge in [-0.2, -0.15) is 0 Å². The van der Waals surface area contributed by atoms with Gasteiger partial charge in [-0.3, -0.25) is 0 Å². The summed E-state index contributed by atoms with van der Waals surface area (Å²) in [5.41, 5.74) is 2.90. The first-order valence-corrected chi connectivity index (χ1v) is 5.07. The van der Waals surface area contributed by atoms with Crippen LogP contribution in [0, 0.1) is 4.91 Å². The summed E-state index contributed by atoms with van der Waals surface area (Å²) in [6.07, 6.45) is 2.23. The molecule has 0 saturated carbocycles. The Balaban J connectivity index is 2.51. The molecule has 74 valence electrons. The van der Waals surface area contributed by atoms with Crippen LogP contribution in [-0.4, -0.2) is 13.1 Å². The molecule has 3 nitrogen and oxygen atoms in total. The Kier molecular flexibility index (Phi) is 2.48. The number of fused-ring (bicyclic) bond motifs is 1. The van der Waals surface area contributed by atoms with Gasteiger partial charge in [0.2, 0.25) is 0 Å². The third-order valence-electron chi connectivity index (χ3n) is 2.77. The summed E-state index contributed by atoms with van der Waals surface area (Å²) >= 11 is 0. The summed E-state index contributed by atoms with van der Waals surface area (Å²) in [6.45, 7) is 4.09. The molecule has 0 saturated heterocycles. The molecular weight excluding hydrogens is 176 g/mol. The van der Waals surface area contributed by atoms with E-state index in [1.807, 2.05) is 6.07 Å². The monoisotopic (exact) mass is 190 g/mol. The van der Waals surface area contributed by atoms with Crippen LogP contribution >= 0.6 is 0 Å². The Hall–Kier alpha value is -1.38. The van der Waals surface area contributed by atoms with Crippen LogP contribution in [0.5, 0.6) is 0 Å². The lowest BCUT2D eigenvalue weighted by Gasteiger charge is -2.30. The standard InChI is InChI=1S/C11H14N2O/c1-2-13-8-4-6-9-5-3-7-10(12-14)11(9)13/h3,5,7H,2,4,6,8H2,1H3. The molecule has 0 atom stereocenters. The van der Waals surface area contributed by atoms with Crippen LogP contribution in [-0.2, 0) is 6.42 Å². The average Bonchev–Trinajstić information content (AvgIpc) is 2.27. The van der Waals surface area contributed by atoms with Gasteiger partial charge in [-0.1, -0.05) is 12.1 Å². The number of nitrogens with zero attached hydrogens (tertiary/aromatic N) is 2. The van der Waals surface area contributed by atoms with Gasteiger partial charge in [-0.05, 0) is 36.6 Å². The van der Waals surface area contributed by atoms with E-state index in [-0.39, 0.29) is 0 Å². The first kappa shape index (κ1) is 9.19. The second kappa shape index (κ2) is 3.78. The van der Waals surface area contributed by atoms with Crippen LogP contribution in [0.3, 0.4) is 0 Å². The predicted molar refractivity (Wildman–Crippen MR) is 58.1 cm³/mol. The van der Waals surface area contributed by atoms with Gasteiger partial charge >= 0.3 is 0 Å². The number of rotatable bonds is 2. The fourth-order valence-electron chi connectivity index (χ4n) is 2.11. The molecule has 1 aliphatic heterocycles. The van der Waals surface area contributed by atoms with Crippen molar-refractivity contribution in [3.8, 4) is 0 Å². The van der Waals surface area contributed by atoms with Gasteiger partial charge in [-0.25, -0.2) is 0 Å². The lowest BCUT2D eigenvalue weighted by Crippen LogP contribution is -2.28. The number of benzene rings is 1. The van der Waals surface area contributed by atoms with Crippen molar-refractivity contribution in [1.29, 1.82) is 0 Å². The molecule has 14 heavy (non-hydrogen) atoms. The normalized spacial score (nSPS) is 15.1. The van der Waals surface area contributed by atoms with E-state index in [0.717, 1.165) is 25.2 Å². The predicted octanol–water partition coefficient (Wildman–Crippen LogP) is 2.86. The molecule has 2 rings (SSSR count). The highest BCUT2D eigenvalue weighted by Crippen LogP contribution is 2.35. The number of nitroso groups, excluding NO2 is 1. The molecule has 1 heterocycles. The van der Waals surface area contributed by atoms with Gasteiger partial charge < -0.3 is 4.90 Å². The second-order valence-corrected chi connectivity index (χ2v) is 3.56. The Morgan fingerprint density at radius 3 is 3.07 bits per heavy atom. The van der Waals surface area contributed by atoms with Gasteiger partial charge in [0.05, 0.1) is 5.69 Å². The maximum Gasteiger partial charge on any atom is 0.131 e. The summed E-state index contributed by atoms with van der Waals surface area (Å²) < 4.78 is 0. The fourth-order valence-corrected chi connectivity index (χ4v) is 2.11. The summed E-state index contributed by atoms with van der Waals surface area (Å²) in [4.78, 5) is 12.9. The zero-order valence-corrected chi connectivity index (χ0v) is 8.36. The number of anilines is 1. The van der Waals surface area contributed by atoms with Gasteiger partial charge in [0.15, 0.2) is 0 Å². The number of hydrogen-bond donors (Lipinski definition) is 0. The molecule has 1 aromatic carbocycles. The van der Waals surface area contributed by atoms with Crippen molar-refractivity contribution >= 4 is 11.4 Å². The van der Waals surface area contributed by atoms with Gasteiger partial charge in [0, 0.05) is 13.1 Å². The third-order valence-corrected chi connectivity index (χ3v) is 2.77. The molecule has 0 fully saturated rings. The maximum atomic E-state index is 10.7.